The molecule has 2 aromatic carbocycles. The Balaban J connectivity index is 1.77. The summed E-state index contributed by atoms with van der Waals surface area (Å²) in [4.78, 5) is 12.5. The molecule has 0 saturated carbocycles. The third kappa shape index (κ3) is 3.71. The third-order valence-electron chi connectivity index (χ3n) is 4.00. The lowest BCUT2D eigenvalue weighted by atomic mass is 10.0. The number of amides is 1. The zero-order valence-electron chi connectivity index (χ0n) is 14.4. The minimum atomic E-state index is -0.290. The number of rotatable bonds is 5. The van der Waals surface area contributed by atoms with Crippen molar-refractivity contribution in [1.82, 2.24) is 10.5 Å². The topological polar surface area (TPSA) is 64.4 Å². The summed E-state index contributed by atoms with van der Waals surface area (Å²) in [7, 11) is 1.62. The van der Waals surface area contributed by atoms with Crippen molar-refractivity contribution in [3.05, 3.63) is 71.4 Å². The van der Waals surface area contributed by atoms with Crippen LogP contribution in [0.2, 0.25) is 0 Å². The molecular weight excluding hydrogens is 316 g/mol. The molecule has 3 rings (SSSR count). The molecule has 1 atom stereocenters. The number of carbonyl (C=O) groups is 1. The van der Waals surface area contributed by atoms with Gasteiger partial charge < -0.3 is 14.6 Å². The summed E-state index contributed by atoms with van der Waals surface area (Å²) >= 11 is 0. The molecule has 1 amide bonds. The van der Waals surface area contributed by atoms with Gasteiger partial charge in [0.2, 0.25) is 0 Å². The van der Waals surface area contributed by atoms with Crippen molar-refractivity contribution in [3.8, 4) is 17.1 Å². The monoisotopic (exact) mass is 336 g/mol. The Morgan fingerprint density at radius 2 is 1.92 bits per heavy atom. The number of carbonyl (C=O) groups excluding carboxylic acids is 1. The van der Waals surface area contributed by atoms with Crippen molar-refractivity contribution in [1.29, 1.82) is 0 Å². The second-order valence-electron chi connectivity index (χ2n) is 5.88. The van der Waals surface area contributed by atoms with E-state index in [1.807, 2.05) is 62.4 Å². The van der Waals surface area contributed by atoms with E-state index in [1.54, 1.807) is 13.2 Å². The Hall–Kier alpha value is -3.08. The molecule has 3 aromatic rings. The van der Waals surface area contributed by atoms with Crippen LogP contribution in [0.25, 0.3) is 11.3 Å². The molecule has 0 bridgehead atoms. The van der Waals surface area contributed by atoms with Gasteiger partial charge in [0.25, 0.3) is 5.91 Å². The zero-order chi connectivity index (χ0) is 17.8. The fourth-order valence-corrected chi connectivity index (χ4v) is 2.66. The van der Waals surface area contributed by atoms with Gasteiger partial charge in [0.1, 0.15) is 5.75 Å². The molecule has 1 N–H and O–H groups in total. The van der Waals surface area contributed by atoms with Gasteiger partial charge in [-0.3, -0.25) is 4.79 Å². The van der Waals surface area contributed by atoms with E-state index in [4.69, 9.17) is 9.26 Å². The van der Waals surface area contributed by atoms with Crippen LogP contribution in [0.4, 0.5) is 0 Å². The first-order valence-corrected chi connectivity index (χ1v) is 8.06. The number of nitrogens with one attached hydrogen (secondary N) is 1. The number of aryl methyl sites for hydroxylation is 1. The predicted molar refractivity (Wildman–Crippen MR) is 95.6 cm³/mol. The highest BCUT2D eigenvalue weighted by atomic mass is 16.5. The Bertz CT molecular complexity index is 872. The molecule has 5 nitrogen and oxygen atoms in total. The highest BCUT2D eigenvalue weighted by molar-refractivity contribution is 5.93. The Kier molecular flexibility index (Phi) is 4.84. The molecule has 1 unspecified atom stereocenters. The number of hydrogen-bond acceptors (Lipinski definition) is 4. The highest BCUT2D eigenvalue weighted by Crippen LogP contribution is 2.26. The van der Waals surface area contributed by atoms with Gasteiger partial charge >= 0.3 is 0 Å². The van der Waals surface area contributed by atoms with Crippen molar-refractivity contribution >= 4 is 5.91 Å². The van der Waals surface area contributed by atoms with Crippen LogP contribution in [-0.4, -0.2) is 18.2 Å². The fourth-order valence-electron chi connectivity index (χ4n) is 2.66. The van der Waals surface area contributed by atoms with Crippen LogP contribution in [0, 0.1) is 6.92 Å². The number of hydrogen-bond donors (Lipinski definition) is 1. The van der Waals surface area contributed by atoms with E-state index in [1.165, 1.54) is 0 Å². The Labute approximate surface area is 146 Å². The van der Waals surface area contributed by atoms with Crippen molar-refractivity contribution in [2.45, 2.75) is 19.9 Å². The van der Waals surface area contributed by atoms with Crippen molar-refractivity contribution in [2.24, 2.45) is 0 Å². The summed E-state index contributed by atoms with van der Waals surface area (Å²) in [6.45, 7) is 3.91. The lowest BCUT2D eigenvalue weighted by Gasteiger charge is -2.17. The van der Waals surface area contributed by atoms with Gasteiger partial charge in [-0.15, -0.1) is 0 Å². The maximum Gasteiger partial charge on any atom is 0.273 e. The van der Waals surface area contributed by atoms with Gasteiger partial charge in [0.15, 0.2) is 11.5 Å². The summed E-state index contributed by atoms with van der Waals surface area (Å²) in [5.41, 5.74) is 3.15. The van der Waals surface area contributed by atoms with E-state index in [9.17, 15) is 4.79 Å². The van der Waals surface area contributed by atoms with Crippen LogP contribution in [0.15, 0.2) is 59.1 Å². The molecule has 1 aromatic heterocycles. The minimum absolute atomic E-state index is 0.223. The van der Waals surface area contributed by atoms with Crippen LogP contribution in [0.3, 0.4) is 0 Å². The fraction of sp³-hybridized carbons (Fsp3) is 0.200. The zero-order valence-corrected chi connectivity index (χ0v) is 14.4. The summed E-state index contributed by atoms with van der Waals surface area (Å²) in [5.74, 6) is 1.01. The average Bonchev–Trinajstić information content (AvgIpc) is 3.12. The minimum Gasteiger partial charge on any atom is -0.496 e. The van der Waals surface area contributed by atoms with E-state index < -0.39 is 0 Å². The Morgan fingerprint density at radius 1 is 1.16 bits per heavy atom. The summed E-state index contributed by atoms with van der Waals surface area (Å²) < 4.78 is 10.7. The maximum atomic E-state index is 12.5. The molecule has 0 spiro atoms. The van der Waals surface area contributed by atoms with Crippen molar-refractivity contribution in [2.75, 3.05) is 7.11 Å². The average molecular weight is 336 g/mol. The van der Waals surface area contributed by atoms with Gasteiger partial charge in [-0.05, 0) is 19.9 Å². The number of aromatic nitrogens is 1. The lowest BCUT2D eigenvalue weighted by Crippen LogP contribution is -2.27. The molecule has 5 heteroatoms. The molecule has 25 heavy (non-hydrogen) atoms. The third-order valence-corrected chi connectivity index (χ3v) is 4.00. The van der Waals surface area contributed by atoms with Gasteiger partial charge in [0, 0.05) is 17.2 Å². The van der Waals surface area contributed by atoms with Crippen LogP contribution in [0.1, 0.15) is 34.6 Å². The maximum absolute atomic E-state index is 12.5. The molecule has 0 aliphatic rings. The van der Waals surface area contributed by atoms with Gasteiger partial charge in [-0.1, -0.05) is 53.2 Å². The lowest BCUT2D eigenvalue weighted by molar-refractivity contribution is 0.0930. The first kappa shape index (κ1) is 16.8. The number of nitrogens with zero attached hydrogens (tertiary/aromatic N) is 1. The Morgan fingerprint density at radius 3 is 2.64 bits per heavy atom. The number of benzene rings is 2. The summed E-state index contributed by atoms with van der Waals surface area (Å²) in [6, 6.07) is 16.8. The first-order valence-electron chi connectivity index (χ1n) is 8.06. The molecular formula is C20H20N2O3. The van der Waals surface area contributed by atoms with Gasteiger partial charge in [-0.2, -0.15) is 0 Å². The first-order chi connectivity index (χ1) is 12.1. The van der Waals surface area contributed by atoms with Crippen LogP contribution in [0.5, 0.6) is 5.75 Å². The van der Waals surface area contributed by atoms with Crippen LogP contribution in [-0.2, 0) is 0 Å². The van der Waals surface area contributed by atoms with E-state index in [0.29, 0.717) is 5.76 Å². The van der Waals surface area contributed by atoms with Gasteiger partial charge in [-0.25, -0.2) is 0 Å². The highest BCUT2D eigenvalue weighted by Gasteiger charge is 2.18. The van der Waals surface area contributed by atoms with Crippen molar-refractivity contribution < 1.29 is 14.1 Å². The second kappa shape index (κ2) is 7.21. The summed E-state index contributed by atoms with van der Waals surface area (Å²) in [6.07, 6.45) is 0. The van der Waals surface area contributed by atoms with Crippen molar-refractivity contribution in [3.63, 3.8) is 0 Å². The van der Waals surface area contributed by atoms with E-state index in [0.717, 1.165) is 22.4 Å². The second-order valence-corrected chi connectivity index (χ2v) is 5.88. The molecule has 0 fully saturated rings. The van der Waals surface area contributed by atoms with E-state index in [-0.39, 0.29) is 17.6 Å². The number of methoxy groups -OCH3 is 1. The van der Waals surface area contributed by atoms with E-state index in [2.05, 4.69) is 10.5 Å². The van der Waals surface area contributed by atoms with Gasteiger partial charge in [0.05, 0.1) is 13.2 Å². The normalized spacial score (nSPS) is 11.8. The van der Waals surface area contributed by atoms with Crippen LogP contribution >= 0.6 is 0 Å². The van der Waals surface area contributed by atoms with E-state index >= 15 is 0 Å². The molecule has 0 radical (unpaired) electrons. The summed E-state index contributed by atoms with van der Waals surface area (Å²) in [5, 5.41) is 6.82. The molecule has 0 saturated heterocycles. The molecule has 1 heterocycles. The van der Waals surface area contributed by atoms with Crippen LogP contribution < -0.4 is 10.1 Å². The molecule has 0 aliphatic heterocycles. The molecule has 0 aliphatic carbocycles. The molecule has 128 valence electrons. The SMILES string of the molecule is COc1ccc(C)cc1C(C)NC(=O)c1cc(-c2ccccc2)on1. The smallest absolute Gasteiger partial charge is 0.273 e. The standard InChI is InChI=1S/C20H20N2O3/c1-13-9-10-18(24-3)16(11-13)14(2)21-20(23)17-12-19(25-22-17)15-7-5-4-6-8-15/h4-12,14H,1-3H3,(H,21,23). The quantitative estimate of drug-likeness (QED) is 0.760. The largest absolute Gasteiger partial charge is 0.496 e. The predicted octanol–water partition coefficient (Wildman–Crippen LogP) is 4.15. The number of ether oxygens (including phenoxy) is 1.